The average Bonchev–Trinajstić information content (AvgIpc) is 1.87. The average molecular weight is 154 g/mol. The maximum atomic E-state index is 10.0. The predicted molar refractivity (Wildman–Crippen MR) is 46.6 cm³/mol. The van der Waals surface area contributed by atoms with Crippen LogP contribution >= 0.6 is 0 Å². The van der Waals surface area contributed by atoms with Crippen LogP contribution in [0.4, 0.5) is 0 Å². The van der Waals surface area contributed by atoms with Gasteiger partial charge < -0.3 is 4.90 Å². The molecule has 3 heteroatoms. The molecule has 0 unspecified atom stereocenters. The molecule has 0 aromatic heterocycles. The zero-order valence-corrected chi connectivity index (χ0v) is 7.46. The molecule has 0 aliphatic carbocycles. The molecule has 0 aliphatic heterocycles. The van der Waals surface area contributed by atoms with Gasteiger partial charge in [-0.05, 0) is 19.9 Å². The number of hydrogen-bond acceptors (Lipinski definition) is 2. The SMILES string of the molecule is CC(=C/C=O)/N=C(/C)N(C)C. The smallest absolute Gasteiger partial charge is 0.144 e. The molecule has 0 saturated heterocycles. The number of rotatable bonds is 2. The molecular formula is C8H14N2O. The number of aldehydes is 1. The summed E-state index contributed by atoms with van der Waals surface area (Å²) < 4.78 is 0. The highest BCUT2D eigenvalue weighted by atomic mass is 16.1. The molecule has 0 aromatic carbocycles. The van der Waals surface area contributed by atoms with Crippen LogP contribution in [0.1, 0.15) is 13.8 Å². The van der Waals surface area contributed by atoms with E-state index >= 15 is 0 Å². The van der Waals surface area contributed by atoms with Crippen LogP contribution in [0, 0.1) is 0 Å². The third-order valence-corrected chi connectivity index (χ3v) is 1.29. The van der Waals surface area contributed by atoms with Crippen molar-refractivity contribution in [3.8, 4) is 0 Å². The lowest BCUT2D eigenvalue weighted by molar-refractivity contribution is -0.104. The minimum absolute atomic E-state index is 0.728. The molecule has 62 valence electrons. The second-order valence-corrected chi connectivity index (χ2v) is 2.50. The number of nitrogens with zero attached hydrogens (tertiary/aromatic N) is 2. The lowest BCUT2D eigenvalue weighted by Crippen LogP contribution is -2.18. The van der Waals surface area contributed by atoms with Gasteiger partial charge in [0.15, 0.2) is 0 Å². The lowest BCUT2D eigenvalue weighted by atomic mass is 10.4. The molecule has 0 amide bonds. The summed E-state index contributed by atoms with van der Waals surface area (Å²) in [6, 6.07) is 0. The normalized spacial score (nSPS) is 13.1. The second kappa shape index (κ2) is 4.66. The van der Waals surface area contributed by atoms with E-state index in [0.717, 1.165) is 17.8 Å². The van der Waals surface area contributed by atoms with Crippen LogP contribution in [0.3, 0.4) is 0 Å². The summed E-state index contributed by atoms with van der Waals surface area (Å²) in [6.07, 6.45) is 2.18. The largest absolute Gasteiger partial charge is 0.366 e. The van der Waals surface area contributed by atoms with Gasteiger partial charge in [0.05, 0.1) is 0 Å². The summed E-state index contributed by atoms with van der Waals surface area (Å²) in [7, 11) is 3.82. The number of amidine groups is 1. The lowest BCUT2D eigenvalue weighted by Gasteiger charge is -2.10. The first-order valence-electron chi connectivity index (χ1n) is 3.42. The zero-order valence-electron chi connectivity index (χ0n) is 7.46. The molecule has 0 saturated carbocycles. The van der Waals surface area contributed by atoms with E-state index in [-0.39, 0.29) is 0 Å². The Kier molecular flexibility index (Phi) is 4.18. The fourth-order valence-corrected chi connectivity index (χ4v) is 0.491. The van der Waals surface area contributed by atoms with Gasteiger partial charge >= 0.3 is 0 Å². The van der Waals surface area contributed by atoms with E-state index < -0.39 is 0 Å². The summed E-state index contributed by atoms with van der Waals surface area (Å²) in [5, 5.41) is 0. The minimum Gasteiger partial charge on any atom is -0.366 e. The third kappa shape index (κ3) is 4.31. The summed E-state index contributed by atoms with van der Waals surface area (Å²) >= 11 is 0. The van der Waals surface area contributed by atoms with Crippen LogP contribution in [-0.2, 0) is 4.79 Å². The molecule has 0 fully saturated rings. The number of carbonyl (C=O) groups is 1. The summed E-state index contributed by atoms with van der Waals surface area (Å²) in [4.78, 5) is 16.0. The Morgan fingerprint density at radius 3 is 2.27 bits per heavy atom. The number of carbonyl (C=O) groups excluding carboxylic acids is 1. The Morgan fingerprint density at radius 2 is 1.91 bits per heavy atom. The van der Waals surface area contributed by atoms with E-state index in [1.807, 2.05) is 25.9 Å². The van der Waals surface area contributed by atoms with Crippen LogP contribution in [-0.4, -0.2) is 31.1 Å². The van der Waals surface area contributed by atoms with E-state index in [4.69, 9.17) is 0 Å². The Morgan fingerprint density at radius 1 is 1.36 bits per heavy atom. The molecule has 0 spiro atoms. The van der Waals surface area contributed by atoms with E-state index in [1.165, 1.54) is 6.08 Å². The highest BCUT2D eigenvalue weighted by Gasteiger charge is 1.91. The van der Waals surface area contributed by atoms with Crippen LogP contribution in [0.15, 0.2) is 16.8 Å². The fraction of sp³-hybridized carbons (Fsp3) is 0.500. The topological polar surface area (TPSA) is 32.7 Å². The molecule has 0 heterocycles. The summed E-state index contributed by atoms with van der Waals surface area (Å²) in [6.45, 7) is 3.68. The van der Waals surface area contributed by atoms with Crippen molar-refractivity contribution < 1.29 is 4.79 Å². The molecule has 0 aromatic rings. The Hall–Kier alpha value is -1.12. The van der Waals surface area contributed by atoms with Crippen LogP contribution in [0.2, 0.25) is 0 Å². The van der Waals surface area contributed by atoms with Crippen molar-refractivity contribution in [2.75, 3.05) is 14.1 Å². The monoisotopic (exact) mass is 154 g/mol. The molecule has 11 heavy (non-hydrogen) atoms. The maximum Gasteiger partial charge on any atom is 0.144 e. The molecular weight excluding hydrogens is 140 g/mol. The highest BCUT2D eigenvalue weighted by Crippen LogP contribution is 1.94. The van der Waals surface area contributed by atoms with Crippen LogP contribution in [0.5, 0.6) is 0 Å². The number of hydrogen-bond donors (Lipinski definition) is 0. The van der Waals surface area contributed by atoms with Gasteiger partial charge in [-0.3, -0.25) is 4.79 Å². The van der Waals surface area contributed by atoms with Gasteiger partial charge in [-0.2, -0.15) is 0 Å². The van der Waals surface area contributed by atoms with Crippen molar-refractivity contribution in [3.63, 3.8) is 0 Å². The molecule has 3 nitrogen and oxygen atoms in total. The van der Waals surface area contributed by atoms with Gasteiger partial charge in [0.2, 0.25) is 0 Å². The maximum absolute atomic E-state index is 10.0. The molecule has 0 radical (unpaired) electrons. The standard InChI is InChI=1S/C8H14N2O/c1-7(5-6-11)9-8(2)10(3)4/h5-6H,1-4H3/b7-5-,9-8-. The van der Waals surface area contributed by atoms with E-state index in [1.54, 1.807) is 6.92 Å². The predicted octanol–water partition coefficient (Wildman–Crippen LogP) is 1.07. The molecule has 0 N–H and O–H groups in total. The minimum atomic E-state index is 0.728. The quantitative estimate of drug-likeness (QED) is 0.258. The van der Waals surface area contributed by atoms with Gasteiger partial charge in [-0.15, -0.1) is 0 Å². The van der Waals surface area contributed by atoms with Gasteiger partial charge in [0, 0.05) is 19.8 Å². The van der Waals surface area contributed by atoms with Crippen molar-refractivity contribution in [1.82, 2.24) is 4.90 Å². The van der Waals surface area contributed by atoms with Crippen molar-refractivity contribution in [1.29, 1.82) is 0 Å². The Labute approximate surface area is 67.4 Å². The number of aliphatic imine (C=N–C) groups is 1. The van der Waals surface area contributed by atoms with E-state index in [9.17, 15) is 4.79 Å². The Balaban J connectivity index is 4.30. The summed E-state index contributed by atoms with van der Waals surface area (Å²) in [5.74, 6) is 0.889. The van der Waals surface area contributed by atoms with Gasteiger partial charge in [-0.1, -0.05) is 0 Å². The first-order valence-corrected chi connectivity index (χ1v) is 3.42. The fourth-order valence-electron chi connectivity index (χ4n) is 0.491. The van der Waals surface area contributed by atoms with Crippen molar-refractivity contribution in [2.24, 2.45) is 4.99 Å². The van der Waals surface area contributed by atoms with Crippen LogP contribution in [0.25, 0.3) is 0 Å². The molecule has 0 atom stereocenters. The Bertz CT molecular complexity index is 192. The second-order valence-electron chi connectivity index (χ2n) is 2.50. The third-order valence-electron chi connectivity index (χ3n) is 1.29. The first-order chi connectivity index (χ1) is 5.07. The van der Waals surface area contributed by atoms with Gasteiger partial charge in [0.1, 0.15) is 12.1 Å². The van der Waals surface area contributed by atoms with E-state index in [2.05, 4.69) is 4.99 Å². The van der Waals surface area contributed by atoms with E-state index in [0.29, 0.717) is 0 Å². The van der Waals surface area contributed by atoms with Crippen molar-refractivity contribution in [3.05, 3.63) is 11.8 Å². The molecule has 0 rings (SSSR count). The zero-order chi connectivity index (χ0) is 8.85. The molecule has 0 bridgehead atoms. The van der Waals surface area contributed by atoms with Crippen LogP contribution < -0.4 is 0 Å². The number of allylic oxidation sites excluding steroid dienone is 2. The summed E-state index contributed by atoms with van der Waals surface area (Å²) in [5.41, 5.74) is 0.728. The first kappa shape index (κ1) is 9.88. The molecule has 0 aliphatic rings. The van der Waals surface area contributed by atoms with Crippen molar-refractivity contribution >= 4 is 12.1 Å². The highest BCUT2D eigenvalue weighted by molar-refractivity contribution is 5.80. The van der Waals surface area contributed by atoms with Gasteiger partial charge in [0.25, 0.3) is 0 Å². The van der Waals surface area contributed by atoms with Crippen molar-refractivity contribution in [2.45, 2.75) is 13.8 Å². The van der Waals surface area contributed by atoms with Gasteiger partial charge in [-0.25, -0.2) is 4.99 Å².